The number of aryl methyl sites for hydroxylation is 1. The van der Waals surface area contributed by atoms with Crippen molar-refractivity contribution in [1.82, 2.24) is 19.7 Å². The molecule has 4 rings (SSSR count). The number of nitrogens with zero attached hydrogens (tertiary/aromatic N) is 5. The highest BCUT2D eigenvalue weighted by atomic mass is 16.4. The van der Waals surface area contributed by atoms with Crippen molar-refractivity contribution in [3.8, 4) is 11.1 Å². The largest absolute Gasteiger partial charge is 0.530 e. The highest BCUT2D eigenvalue weighted by Gasteiger charge is 2.33. The van der Waals surface area contributed by atoms with Crippen LogP contribution >= 0.6 is 0 Å². The zero-order valence-electron chi connectivity index (χ0n) is 23.1. The number of fused-ring (bicyclic) bond motifs is 1. The molecule has 2 aromatic heterocycles. The Balaban J connectivity index is 1.60. The third-order valence-corrected chi connectivity index (χ3v) is 6.72. The van der Waals surface area contributed by atoms with E-state index in [2.05, 4.69) is 28.4 Å². The fourth-order valence-corrected chi connectivity index (χ4v) is 5.13. The summed E-state index contributed by atoms with van der Waals surface area (Å²) in [6.07, 6.45) is 3.28. The van der Waals surface area contributed by atoms with Gasteiger partial charge in [0.1, 0.15) is 11.9 Å². The molecule has 9 heteroatoms. The van der Waals surface area contributed by atoms with Crippen molar-refractivity contribution >= 4 is 23.5 Å². The number of rotatable bonds is 7. The maximum Gasteiger partial charge on any atom is 0.224 e. The predicted molar refractivity (Wildman–Crippen MR) is 147 cm³/mol. The van der Waals surface area contributed by atoms with Gasteiger partial charge in [0.15, 0.2) is 0 Å². The molecule has 202 valence electrons. The summed E-state index contributed by atoms with van der Waals surface area (Å²) < 4.78 is 1.75. The number of anilines is 2. The summed E-state index contributed by atoms with van der Waals surface area (Å²) in [6.45, 7) is 12.7. The molecule has 2 amide bonds. The minimum absolute atomic E-state index is 0.0131. The van der Waals surface area contributed by atoms with E-state index in [0.29, 0.717) is 19.6 Å². The summed E-state index contributed by atoms with van der Waals surface area (Å²) in [5.74, 6) is 0.814. The maximum atomic E-state index is 12.5. The number of carbonyl (C=O) groups is 2. The lowest BCUT2D eigenvalue weighted by Gasteiger charge is -2.39. The lowest BCUT2D eigenvalue weighted by atomic mass is 9.89. The van der Waals surface area contributed by atoms with Gasteiger partial charge in [-0.05, 0) is 61.1 Å². The molecule has 1 N–H and O–H groups in total. The van der Waals surface area contributed by atoms with Crippen molar-refractivity contribution in [2.75, 3.05) is 23.3 Å². The quantitative estimate of drug-likeness (QED) is 0.502. The SMILES string of the molecule is CC(=O)N1c2ccc(-c3cnn(CCN(CC(C)(C)C)C(=O)[O-])c3)cc2[C@H](Nc2cccc(C)n2)C[C@@H]1C. The molecule has 0 spiro atoms. The van der Waals surface area contributed by atoms with E-state index in [1.54, 1.807) is 17.8 Å². The van der Waals surface area contributed by atoms with E-state index in [1.165, 1.54) is 4.90 Å². The molecule has 0 saturated carbocycles. The van der Waals surface area contributed by atoms with Gasteiger partial charge in [0.05, 0.1) is 18.8 Å². The average Bonchev–Trinajstić information content (AvgIpc) is 3.29. The van der Waals surface area contributed by atoms with Crippen molar-refractivity contribution in [1.29, 1.82) is 0 Å². The van der Waals surface area contributed by atoms with Crippen molar-refractivity contribution in [2.24, 2.45) is 5.41 Å². The van der Waals surface area contributed by atoms with Gasteiger partial charge in [-0.1, -0.05) is 32.9 Å². The summed E-state index contributed by atoms with van der Waals surface area (Å²) in [5.41, 5.74) is 4.59. The minimum atomic E-state index is -1.17. The fourth-order valence-electron chi connectivity index (χ4n) is 5.13. The zero-order chi connectivity index (χ0) is 27.6. The topological polar surface area (TPSA) is 106 Å². The number of carboxylic acid groups (broad SMARTS) is 1. The number of hydrogen-bond donors (Lipinski definition) is 1. The van der Waals surface area contributed by atoms with Crippen LogP contribution in [0.3, 0.4) is 0 Å². The van der Waals surface area contributed by atoms with Crippen LogP contribution in [0.15, 0.2) is 48.8 Å². The van der Waals surface area contributed by atoms with Crippen molar-refractivity contribution in [3.63, 3.8) is 0 Å². The van der Waals surface area contributed by atoms with Gasteiger partial charge in [0.25, 0.3) is 0 Å². The Morgan fingerprint density at radius 1 is 1.18 bits per heavy atom. The van der Waals surface area contributed by atoms with E-state index in [9.17, 15) is 14.7 Å². The van der Waals surface area contributed by atoms with E-state index in [0.717, 1.165) is 40.3 Å². The Morgan fingerprint density at radius 2 is 1.95 bits per heavy atom. The predicted octanol–water partition coefficient (Wildman–Crippen LogP) is 4.24. The Kier molecular flexibility index (Phi) is 7.76. The Bertz CT molecular complexity index is 1310. The van der Waals surface area contributed by atoms with Gasteiger partial charge in [-0.15, -0.1) is 0 Å². The van der Waals surface area contributed by atoms with Gasteiger partial charge in [-0.25, -0.2) is 4.98 Å². The smallest absolute Gasteiger partial charge is 0.224 e. The molecule has 0 saturated heterocycles. The van der Waals surface area contributed by atoms with Crippen LogP contribution in [0, 0.1) is 12.3 Å². The molecule has 2 atom stereocenters. The van der Waals surface area contributed by atoms with Gasteiger partial charge in [0.2, 0.25) is 5.91 Å². The highest BCUT2D eigenvalue weighted by Crippen LogP contribution is 2.41. The molecular weight excluding hydrogens is 480 g/mol. The van der Waals surface area contributed by atoms with E-state index in [-0.39, 0.29) is 23.4 Å². The highest BCUT2D eigenvalue weighted by molar-refractivity contribution is 5.94. The van der Waals surface area contributed by atoms with Crippen molar-refractivity contribution in [3.05, 3.63) is 60.0 Å². The molecule has 0 radical (unpaired) electrons. The molecule has 9 nitrogen and oxygen atoms in total. The molecule has 0 aliphatic carbocycles. The Labute approximate surface area is 224 Å². The fraction of sp³-hybridized carbons (Fsp3) is 0.448. The van der Waals surface area contributed by atoms with Crippen LogP contribution in [0.5, 0.6) is 0 Å². The number of pyridine rings is 1. The van der Waals surface area contributed by atoms with Crippen LogP contribution in [-0.4, -0.2) is 50.8 Å². The minimum Gasteiger partial charge on any atom is -0.530 e. The molecular formula is C29H37N6O3-. The van der Waals surface area contributed by atoms with Gasteiger partial charge in [-0.3, -0.25) is 9.48 Å². The van der Waals surface area contributed by atoms with Crippen LogP contribution in [0.4, 0.5) is 16.3 Å². The second kappa shape index (κ2) is 10.8. The second-order valence-electron chi connectivity index (χ2n) is 11.3. The summed E-state index contributed by atoms with van der Waals surface area (Å²) in [6, 6.07) is 12.0. The van der Waals surface area contributed by atoms with Crippen LogP contribution in [-0.2, 0) is 11.3 Å². The third kappa shape index (κ3) is 6.33. The first-order chi connectivity index (χ1) is 17.9. The summed E-state index contributed by atoms with van der Waals surface area (Å²) in [4.78, 5) is 31.9. The van der Waals surface area contributed by atoms with E-state index in [4.69, 9.17) is 0 Å². The number of hydrogen-bond acceptors (Lipinski definition) is 6. The molecule has 0 bridgehead atoms. The Morgan fingerprint density at radius 3 is 2.61 bits per heavy atom. The maximum absolute atomic E-state index is 12.5. The first-order valence-electron chi connectivity index (χ1n) is 13.0. The lowest BCUT2D eigenvalue weighted by molar-refractivity contribution is -0.266. The lowest BCUT2D eigenvalue weighted by Crippen LogP contribution is -2.46. The summed E-state index contributed by atoms with van der Waals surface area (Å²) in [7, 11) is 0. The van der Waals surface area contributed by atoms with Crippen LogP contribution in [0.1, 0.15) is 58.3 Å². The zero-order valence-corrected chi connectivity index (χ0v) is 23.1. The van der Waals surface area contributed by atoms with Gasteiger partial charge >= 0.3 is 0 Å². The third-order valence-electron chi connectivity index (χ3n) is 6.72. The standard InChI is InChI=1S/C29H38N6O3/c1-19-8-7-9-27(31-19)32-25-14-20(2)35(21(3)36)26-11-10-22(15-24(25)26)23-16-30-34(17-23)13-12-33(28(37)38)18-29(4,5)6/h7-11,15-17,20,25H,12-14,18H2,1-6H3,(H,31,32)(H,37,38)/p-1/t20-,25+/m0/s1. The van der Waals surface area contributed by atoms with Gasteiger partial charge < -0.3 is 25.0 Å². The molecule has 3 aromatic rings. The van der Waals surface area contributed by atoms with Crippen molar-refractivity contribution < 1.29 is 14.7 Å². The first kappa shape index (κ1) is 27.2. The van der Waals surface area contributed by atoms with Crippen LogP contribution in [0.25, 0.3) is 11.1 Å². The second-order valence-corrected chi connectivity index (χ2v) is 11.3. The monoisotopic (exact) mass is 517 g/mol. The van der Waals surface area contributed by atoms with Gasteiger partial charge in [0, 0.05) is 49.2 Å². The summed E-state index contributed by atoms with van der Waals surface area (Å²) >= 11 is 0. The molecule has 0 fully saturated rings. The van der Waals surface area contributed by atoms with E-state index >= 15 is 0 Å². The average molecular weight is 518 g/mol. The summed E-state index contributed by atoms with van der Waals surface area (Å²) in [5, 5.41) is 19.6. The molecule has 1 aliphatic heterocycles. The van der Waals surface area contributed by atoms with Crippen LogP contribution < -0.4 is 15.3 Å². The number of nitrogens with one attached hydrogen (secondary N) is 1. The molecule has 0 unspecified atom stereocenters. The van der Waals surface area contributed by atoms with E-state index in [1.807, 2.05) is 69.1 Å². The number of carbonyl (C=O) groups excluding carboxylic acids is 2. The molecule has 3 heterocycles. The molecule has 1 aliphatic rings. The van der Waals surface area contributed by atoms with Crippen LogP contribution in [0.2, 0.25) is 0 Å². The normalized spacial score (nSPS) is 17.2. The first-order valence-corrected chi connectivity index (χ1v) is 13.0. The number of aromatic nitrogens is 3. The van der Waals surface area contributed by atoms with Crippen molar-refractivity contribution in [2.45, 2.75) is 66.6 Å². The Hall–Kier alpha value is -3.88. The molecule has 38 heavy (non-hydrogen) atoms. The number of amides is 2. The number of benzene rings is 1. The van der Waals surface area contributed by atoms with E-state index < -0.39 is 6.09 Å². The van der Waals surface area contributed by atoms with Gasteiger partial charge in [-0.2, -0.15) is 5.10 Å². The molecule has 1 aromatic carbocycles.